The van der Waals surface area contributed by atoms with E-state index in [-0.39, 0.29) is 19.6 Å². The van der Waals surface area contributed by atoms with E-state index < -0.39 is 11.8 Å². The van der Waals surface area contributed by atoms with Crippen LogP contribution in [0.4, 0.5) is 10.1 Å². The van der Waals surface area contributed by atoms with Crippen LogP contribution in [-0.4, -0.2) is 17.6 Å². The maximum Gasteiger partial charge on any atom is 0.309 e. The molecule has 0 bridgehead atoms. The van der Waals surface area contributed by atoms with E-state index >= 15 is 0 Å². The first-order valence-corrected chi connectivity index (χ1v) is 6.37. The topological polar surface area (TPSA) is 74.4 Å². The van der Waals surface area contributed by atoms with E-state index in [2.05, 4.69) is 4.98 Å². The molecule has 0 atom stereocenters. The molecule has 0 unspecified atom stereocenters. The number of carbonyl (C=O) groups is 1. The molecule has 0 amide bonds. The SMILES string of the molecule is Nc1ccccc1OCCC(=O)OCc1cncc(F)c1. The van der Waals surface area contributed by atoms with Gasteiger partial charge < -0.3 is 15.2 Å². The predicted molar refractivity (Wildman–Crippen MR) is 75.0 cm³/mol. The van der Waals surface area contributed by atoms with Gasteiger partial charge in [-0.15, -0.1) is 0 Å². The van der Waals surface area contributed by atoms with Gasteiger partial charge in [0, 0.05) is 11.8 Å². The lowest BCUT2D eigenvalue weighted by atomic mass is 10.3. The summed E-state index contributed by atoms with van der Waals surface area (Å²) in [6.45, 7) is 0.144. The maximum atomic E-state index is 12.9. The van der Waals surface area contributed by atoms with Gasteiger partial charge in [-0.3, -0.25) is 9.78 Å². The highest BCUT2D eigenvalue weighted by molar-refractivity contribution is 5.69. The second-order valence-corrected chi connectivity index (χ2v) is 4.31. The van der Waals surface area contributed by atoms with Crippen molar-refractivity contribution >= 4 is 11.7 Å². The molecule has 1 heterocycles. The van der Waals surface area contributed by atoms with E-state index in [9.17, 15) is 9.18 Å². The van der Waals surface area contributed by atoms with Gasteiger partial charge in [-0.2, -0.15) is 0 Å². The molecule has 0 aliphatic heterocycles. The summed E-state index contributed by atoms with van der Waals surface area (Å²) in [5.41, 5.74) is 6.71. The molecule has 0 aliphatic carbocycles. The number of nitrogen functional groups attached to an aromatic ring is 1. The number of carbonyl (C=O) groups excluding carboxylic acids is 1. The molecular formula is C15H15FN2O3. The highest BCUT2D eigenvalue weighted by Crippen LogP contribution is 2.19. The normalized spacial score (nSPS) is 10.1. The van der Waals surface area contributed by atoms with E-state index in [0.717, 1.165) is 6.20 Å². The number of anilines is 1. The lowest BCUT2D eigenvalue weighted by molar-refractivity contribution is -0.145. The monoisotopic (exact) mass is 290 g/mol. The third-order valence-electron chi connectivity index (χ3n) is 2.64. The second kappa shape index (κ2) is 7.23. The number of benzene rings is 1. The lowest BCUT2D eigenvalue weighted by Crippen LogP contribution is -2.10. The molecular weight excluding hydrogens is 275 g/mol. The number of para-hydroxylation sites is 2. The number of rotatable bonds is 6. The van der Waals surface area contributed by atoms with E-state index in [1.54, 1.807) is 24.3 Å². The third-order valence-corrected chi connectivity index (χ3v) is 2.64. The van der Waals surface area contributed by atoms with Crippen LogP contribution in [0.3, 0.4) is 0 Å². The first-order valence-electron chi connectivity index (χ1n) is 6.37. The number of hydrogen-bond donors (Lipinski definition) is 1. The molecule has 0 saturated heterocycles. The second-order valence-electron chi connectivity index (χ2n) is 4.31. The van der Waals surface area contributed by atoms with Crippen molar-refractivity contribution in [3.8, 4) is 5.75 Å². The van der Waals surface area contributed by atoms with Gasteiger partial charge in [0.25, 0.3) is 0 Å². The van der Waals surface area contributed by atoms with Crippen molar-refractivity contribution in [3.63, 3.8) is 0 Å². The van der Waals surface area contributed by atoms with Gasteiger partial charge in [0.2, 0.25) is 0 Å². The van der Waals surface area contributed by atoms with Gasteiger partial charge in [0.05, 0.1) is 24.9 Å². The summed E-state index contributed by atoms with van der Waals surface area (Å²) in [5, 5.41) is 0. The molecule has 1 aromatic carbocycles. The van der Waals surface area contributed by atoms with E-state index in [0.29, 0.717) is 17.0 Å². The minimum atomic E-state index is -0.466. The van der Waals surface area contributed by atoms with Crippen molar-refractivity contribution < 1.29 is 18.7 Å². The average Bonchev–Trinajstić information content (AvgIpc) is 2.47. The molecule has 0 radical (unpaired) electrons. The number of aromatic nitrogens is 1. The van der Waals surface area contributed by atoms with Crippen molar-refractivity contribution in [1.82, 2.24) is 4.98 Å². The summed E-state index contributed by atoms with van der Waals surface area (Å²) in [5.74, 6) is -0.375. The number of nitrogens with zero attached hydrogens (tertiary/aromatic N) is 1. The largest absolute Gasteiger partial charge is 0.491 e. The quantitative estimate of drug-likeness (QED) is 0.652. The zero-order valence-corrected chi connectivity index (χ0v) is 11.3. The number of halogens is 1. The van der Waals surface area contributed by atoms with Crippen LogP contribution in [0.2, 0.25) is 0 Å². The van der Waals surface area contributed by atoms with Crippen LogP contribution in [0, 0.1) is 5.82 Å². The Labute approximate surface area is 121 Å². The molecule has 0 fully saturated rings. The predicted octanol–water partition coefficient (Wildman–Crippen LogP) is 2.32. The number of esters is 1. The standard InChI is InChI=1S/C15H15FN2O3/c16-12-7-11(8-18-9-12)10-21-15(19)5-6-20-14-4-2-1-3-13(14)17/h1-4,7-9H,5-6,10,17H2. The zero-order valence-electron chi connectivity index (χ0n) is 11.3. The molecule has 1 aromatic heterocycles. The summed E-state index contributed by atoms with van der Waals surface area (Å²) in [6.07, 6.45) is 2.61. The minimum Gasteiger partial charge on any atom is -0.491 e. The highest BCUT2D eigenvalue weighted by atomic mass is 19.1. The Morgan fingerprint density at radius 2 is 2.10 bits per heavy atom. The molecule has 2 aromatic rings. The summed E-state index contributed by atoms with van der Waals surface area (Å²) >= 11 is 0. The van der Waals surface area contributed by atoms with Crippen LogP contribution in [0.25, 0.3) is 0 Å². The molecule has 110 valence electrons. The van der Waals surface area contributed by atoms with Crippen molar-refractivity contribution in [3.05, 3.63) is 54.1 Å². The third kappa shape index (κ3) is 4.76. The number of hydrogen-bond acceptors (Lipinski definition) is 5. The van der Waals surface area contributed by atoms with Crippen LogP contribution in [-0.2, 0) is 16.1 Å². The summed E-state index contributed by atoms with van der Waals surface area (Å²) in [6, 6.07) is 8.29. The number of nitrogens with two attached hydrogens (primary N) is 1. The van der Waals surface area contributed by atoms with Gasteiger partial charge in [-0.25, -0.2) is 4.39 Å². The summed E-state index contributed by atoms with van der Waals surface area (Å²) in [4.78, 5) is 15.2. The minimum absolute atomic E-state index is 0.0168. The Balaban J connectivity index is 1.72. The first-order chi connectivity index (χ1) is 10.1. The van der Waals surface area contributed by atoms with Crippen molar-refractivity contribution in [2.45, 2.75) is 13.0 Å². The maximum absolute atomic E-state index is 12.9. The van der Waals surface area contributed by atoms with Crippen molar-refractivity contribution in [1.29, 1.82) is 0 Å². The molecule has 2 N–H and O–H groups in total. The van der Waals surface area contributed by atoms with Crippen LogP contribution in [0.5, 0.6) is 5.75 Å². The number of ether oxygens (including phenoxy) is 2. The number of pyridine rings is 1. The molecule has 6 heteroatoms. The van der Waals surface area contributed by atoms with E-state index in [4.69, 9.17) is 15.2 Å². The molecule has 2 rings (SSSR count). The van der Waals surface area contributed by atoms with Crippen LogP contribution >= 0.6 is 0 Å². The van der Waals surface area contributed by atoms with Crippen LogP contribution in [0.15, 0.2) is 42.7 Å². The summed E-state index contributed by atoms with van der Waals surface area (Å²) < 4.78 is 23.3. The van der Waals surface area contributed by atoms with Gasteiger partial charge >= 0.3 is 5.97 Å². The van der Waals surface area contributed by atoms with Crippen LogP contribution < -0.4 is 10.5 Å². The zero-order chi connectivity index (χ0) is 15.1. The lowest BCUT2D eigenvalue weighted by Gasteiger charge is -2.08. The Kier molecular flexibility index (Phi) is 5.09. The Hall–Kier alpha value is -2.63. The van der Waals surface area contributed by atoms with Crippen molar-refractivity contribution in [2.24, 2.45) is 0 Å². The van der Waals surface area contributed by atoms with E-state index in [1.165, 1.54) is 12.3 Å². The summed E-state index contributed by atoms with van der Waals surface area (Å²) in [7, 11) is 0. The fraction of sp³-hybridized carbons (Fsp3) is 0.200. The van der Waals surface area contributed by atoms with Gasteiger partial charge in [0.1, 0.15) is 18.2 Å². The smallest absolute Gasteiger partial charge is 0.309 e. The Morgan fingerprint density at radius 1 is 1.29 bits per heavy atom. The van der Waals surface area contributed by atoms with Gasteiger partial charge in [-0.05, 0) is 18.2 Å². The first kappa shape index (κ1) is 14.8. The van der Waals surface area contributed by atoms with E-state index in [1.807, 2.05) is 0 Å². The average molecular weight is 290 g/mol. The fourth-order valence-electron chi connectivity index (χ4n) is 1.63. The van der Waals surface area contributed by atoms with Gasteiger partial charge in [-0.1, -0.05) is 12.1 Å². The Morgan fingerprint density at radius 3 is 2.86 bits per heavy atom. The van der Waals surface area contributed by atoms with Crippen LogP contribution in [0.1, 0.15) is 12.0 Å². The molecule has 5 nitrogen and oxygen atoms in total. The molecule has 0 saturated carbocycles. The molecule has 21 heavy (non-hydrogen) atoms. The van der Waals surface area contributed by atoms with Gasteiger partial charge in [0.15, 0.2) is 0 Å². The van der Waals surface area contributed by atoms with Crippen molar-refractivity contribution in [2.75, 3.05) is 12.3 Å². The molecule has 0 aliphatic rings. The highest BCUT2D eigenvalue weighted by Gasteiger charge is 2.06. The fourth-order valence-corrected chi connectivity index (χ4v) is 1.63. The Bertz CT molecular complexity index is 619. The molecule has 0 spiro atoms.